The van der Waals surface area contributed by atoms with Gasteiger partial charge in [-0.15, -0.1) is 0 Å². The molecule has 0 aromatic carbocycles. The number of methoxy groups -OCH3 is 1. The number of fused-ring (bicyclic) bond motifs is 6. The van der Waals surface area contributed by atoms with Crippen LogP contribution in [0.15, 0.2) is 24.3 Å². The molecule has 10 saturated heterocycles. The van der Waals surface area contributed by atoms with Crippen molar-refractivity contribution in [2.75, 3.05) is 7.11 Å². The van der Waals surface area contributed by atoms with E-state index in [0.717, 1.165) is 62.4 Å². The van der Waals surface area contributed by atoms with E-state index in [0.29, 0.717) is 19.3 Å². The van der Waals surface area contributed by atoms with Crippen molar-refractivity contribution in [1.82, 2.24) is 0 Å². The van der Waals surface area contributed by atoms with Crippen LogP contribution in [0.1, 0.15) is 90.4 Å². The molecule has 10 fully saturated rings. The van der Waals surface area contributed by atoms with Gasteiger partial charge in [0.2, 0.25) is 0 Å². The minimum Gasteiger partial charge on any atom is -0.378 e. The fraction of sp³-hybridized carbons (Fsp3) is 0.846. The molecule has 10 heterocycles. The van der Waals surface area contributed by atoms with Crippen LogP contribution < -0.4 is 0 Å². The first-order valence-electron chi connectivity index (χ1n) is 19.3. The summed E-state index contributed by atoms with van der Waals surface area (Å²) in [6, 6.07) is 0. The van der Waals surface area contributed by atoms with Crippen molar-refractivity contribution >= 4 is 12.1 Å². The molecular formula is C39H54O11. The molecule has 11 nitrogen and oxygen atoms in total. The minimum atomic E-state index is -0.776. The molecule has 10 aliphatic heterocycles. The van der Waals surface area contributed by atoms with Crippen molar-refractivity contribution in [3.63, 3.8) is 0 Å². The molecule has 12 bridgehead atoms. The Bertz CT molecular complexity index is 1350. The number of hydrogen-bond acceptors (Lipinski definition) is 11. The summed E-state index contributed by atoms with van der Waals surface area (Å²) in [5.41, 5.74) is 2.20. The zero-order valence-corrected chi connectivity index (χ0v) is 29.5. The average molecular weight is 699 g/mol. The van der Waals surface area contributed by atoms with Crippen LogP contribution in [0.5, 0.6) is 0 Å². The van der Waals surface area contributed by atoms with E-state index in [9.17, 15) is 9.59 Å². The van der Waals surface area contributed by atoms with Crippen LogP contribution in [-0.4, -0.2) is 117 Å². The van der Waals surface area contributed by atoms with E-state index in [1.807, 2.05) is 0 Å². The average Bonchev–Trinajstić information content (AvgIpc) is 3.76. The molecule has 11 heteroatoms. The number of hydrogen-bond donors (Lipinski definition) is 0. The summed E-state index contributed by atoms with van der Waals surface area (Å²) in [6.45, 7) is 11.1. The van der Waals surface area contributed by atoms with Gasteiger partial charge in [-0.05, 0) is 62.0 Å². The Labute approximate surface area is 295 Å². The molecule has 0 N–H and O–H groups in total. The Morgan fingerprint density at radius 1 is 0.760 bits per heavy atom. The molecule has 50 heavy (non-hydrogen) atoms. The second kappa shape index (κ2) is 13.4. The van der Waals surface area contributed by atoms with Gasteiger partial charge in [-0.3, -0.25) is 4.79 Å². The number of ether oxygens (including phenoxy) is 9. The molecule has 10 rings (SSSR count). The SMILES string of the molecule is C=C1C2C[C@@H]3O[C@H](CC=O)[C@H](OC)C3CC(=O)CC3CCC4O[C@H]5C6O[C@]7(CCC8CC(=C)[C@H](CCC(C[C@H]1C)O2)O8)CC6OC5C(O7)[C@H]4O3. The molecule has 0 aromatic heterocycles. The highest BCUT2D eigenvalue weighted by molar-refractivity contribution is 5.79. The third kappa shape index (κ3) is 6.00. The third-order valence-electron chi connectivity index (χ3n) is 13.5. The molecule has 0 radical (unpaired) electrons. The molecule has 0 aromatic rings. The maximum absolute atomic E-state index is 13.9. The van der Waals surface area contributed by atoms with Gasteiger partial charge in [-0.2, -0.15) is 0 Å². The van der Waals surface area contributed by atoms with Crippen LogP contribution in [0, 0.1) is 11.8 Å². The quantitative estimate of drug-likeness (QED) is 0.310. The molecule has 0 aliphatic carbocycles. The number of ketones is 1. The second-order valence-electron chi connectivity index (χ2n) is 16.7. The van der Waals surface area contributed by atoms with Crippen LogP contribution in [0.3, 0.4) is 0 Å². The van der Waals surface area contributed by atoms with Gasteiger partial charge >= 0.3 is 0 Å². The van der Waals surface area contributed by atoms with Gasteiger partial charge in [-0.1, -0.05) is 20.1 Å². The van der Waals surface area contributed by atoms with Crippen molar-refractivity contribution in [2.24, 2.45) is 11.8 Å². The summed E-state index contributed by atoms with van der Waals surface area (Å²) in [5.74, 6) is -0.608. The summed E-state index contributed by atoms with van der Waals surface area (Å²) in [6.07, 6.45) is 6.39. The van der Waals surface area contributed by atoms with Crippen LogP contribution in [0.2, 0.25) is 0 Å². The first-order valence-corrected chi connectivity index (χ1v) is 19.3. The smallest absolute Gasteiger partial charge is 0.172 e. The summed E-state index contributed by atoms with van der Waals surface area (Å²) in [5, 5.41) is 0. The van der Waals surface area contributed by atoms with Crippen LogP contribution in [0.25, 0.3) is 0 Å². The zero-order chi connectivity index (χ0) is 34.3. The van der Waals surface area contributed by atoms with Gasteiger partial charge in [0.15, 0.2) is 5.79 Å². The summed E-state index contributed by atoms with van der Waals surface area (Å²) in [4.78, 5) is 25.6. The summed E-state index contributed by atoms with van der Waals surface area (Å²) >= 11 is 0. The Morgan fingerprint density at radius 2 is 1.52 bits per heavy atom. The Balaban J connectivity index is 0.996. The summed E-state index contributed by atoms with van der Waals surface area (Å²) < 4.78 is 59.6. The predicted octanol–water partition coefficient (Wildman–Crippen LogP) is 4.32. The first kappa shape index (κ1) is 34.2. The largest absolute Gasteiger partial charge is 0.378 e. The van der Waals surface area contributed by atoms with Crippen LogP contribution in [-0.2, 0) is 52.2 Å². The van der Waals surface area contributed by atoms with E-state index < -0.39 is 11.9 Å². The van der Waals surface area contributed by atoms with E-state index in [4.69, 9.17) is 42.6 Å². The van der Waals surface area contributed by atoms with E-state index >= 15 is 0 Å². The number of Topliss-reactive ketones (excluding diaryl/α,β-unsaturated/α-hetero) is 1. The molecule has 18 atom stereocenters. The van der Waals surface area contributed by atoms with Gasteiger partial charge in [-0.25, -0.2) is 0 Å². The second-order valence-corrected chi connectivity index (χ2v) is 16.7. The van der Waals surface area contributed by atoms with Gasteiger partial charge in [0.05, 0.1) is 61.0 Å². The molecule has 0 amide bonds. The molecule has 276 valence electrons. The first-order chi connectivity index (χ1) is 24.2. The fourth-order valence-corrected chi connectivity index (χ4v) is 11.0. The maximum atomic E-state index is 13.9. The maximum Gasteiger partial charge on any atom is 0.172 e. The molecule has 1 spiro atoms. The van der Waals surface area contributed by atoms with Crippen LogP contribution >= 0.6 is 0 Å². The third-order valence-corrected chi connectivity index (χ3v) is 13.5. The van der Waals surface area contributed by atoms with Crippen molar-refractivity contribution < 1.29 is 52.2 Å². The van der Waals surface area contributed by atoms with Crippen molar-refractivity contribution in [3.05, 3.63) is 24.3 Å². The number of carbonyl (C=O) groups excluding carboxylic acids is 2. The molecule has 10 unspecified atom stereocenters. The Kier molecular flexibility index (Phi) is 9.17. The van der Waals surface area contributed by atoms with Gasteiger partial charge in [0, 0.05) is 51.6 Å². The molecular weight excluding hydrogens is 644 g/mol. The van der Waals surface area contributed by atoms with E-state index in [1.54, 1.807) is 7.11 Å². The topological polar surface area (TPSA) is 117 Å². The highest BCUT2D eigenvalue weighted by Crippen LogP contribution is 2.54. The lowest BCUT2D eigenvalue weighted by Crippen LogP contribution is -2.61. The van der Waals surface area contributed by atoms with E-state index in [1.165, 1.54) is 0 Å². The van der Waals surface area contributed by atoms with Gasteiger partial charge in [0.25, 0.3) is 0 Å². The number of carbonyl (C=O) groups is 2. The summed E-state index contributed by atoms with van der Waals surface area (Å²) in [7, 11) is 1.64. The van der Waals surface area contributed by atoms with Crippen molar-refractivity contribution in [2.45, 2.75) is 188 Å². The highest BCUT2D eigenvalue weighted by Gasteiger charge is 2.68. The zero-order valence-electron chi connectivity index (χ0n) is 29.5. The van der Waals surface area contributed by atoms with E-state index in [2.05, 4.69) is 20.1 Å². The fourth-order valence-electron chi connectivity index (χ4n) is 11.0. The Hall–Kier alpha value is -1.54. The van der Waals surface area contributed by atoms with Gasteiger partial charge in [0.1, 0.15) is 42.6 Å². The lowest BCUT2D eigenvalue weighted by atomic mass is 9.81. The normalized spacial score (nSPS) is 53.2. The van der Waals surface area contributed by atoms with E-state index in [-0.39, 0.29) is 122 Å². The predicted molar refractivity (Wildman–Crippen MR) is 177 cm³/mol. The monoisotopic (exact) mass is 698 g/mol. The number of aldehydes is 1. The minimum absolute atomic E-state index is 0.0117. The van der Waals surface area contributed by atoms with Gasteiger partial charge < -0.3 is 47.4 Å². The molecule has 0 saturated carbocycles. The van der Waals surface area contributed by atoms with Crippen molar-refractivity contribution in [3.8, 4) is 0 Å². The van der Waals surface area contributed by atoms with Crippen LogP contribution in [0.4, 0.5) is 0 Å². The number of rotatable bonds is 3. The lowest BCUT2D eigenvalue weighted by molar-refractivity contribution is -0.292. The molecule has 10 aliphatic rings. The lowest BCUT2D eigenvalue weighted by Gasteiger charge is -2.47. The highest BCUT2D eigenvalue weighted by atomic mass is 16.8. The standard InChI is InChI=1S/C39H54O11/c1-19-13-23-5-7-27-20(2)14-25(43-27)9-11-39-18-32-35(49-39)36-37(48-32)38(50-39)34-28(47-36)8-6-24(45-34)15-22(41)16-26-31(17-30(44-23)21(19)3)46-29(10-12-40)33(26)42-4/h12,19,23-38H,2-3,5-11,13-18H2,1,4H3/t19-,23?,24?,25?,26?,27+,28?,29-,30?,31+,32?,33-,34+,35?,36+,37?,38?,39+/m1/s1. The van der Waals surface area contributed by atoms with Crippen molar-refractivity contribution in [1.29, 1.82) is 0 Å². The Morgan fingerprint density at radius 3 is 2.36 bits per heavy atom.